The van der Waals surface area contributed by atoms with Crippen molar-refractivity contribution in [1.82, 2.24) is 14.5 Å². The lowest BCUT2D eigenvalue weighted by Crippen LogP contribution is -2.50. The van der Waals surface area contributed by atoms with Crippen LogP contribution in [0, 0.1) is 13.8 Å². The predicted octanol–water partition coefficient (Wildman–Crippen LogP) is 0.206. The summed E-state index contributed by atoms with van der Waals surface area (Å²) in [6, 6.07) is 5.31. The molecule has 10 heteroatoms. The van der Waals surface area contributed by atoms with Gasteiger partial charge in [0.05, 0.1) is 11.3 Å². The standard InChI is InChI=1S/C19H27N3O6S/c1-14-4-5-15(2)16(12-14)29(26,27)22-10-8-21(9-11-22)18(24)6-7-19(25)28-13-17(23)20-3/h4-5,12H,6-11,13H2,1-3H3,(H,20,23). The molecule has 0 spiro atoms. The predicted molar refractivity (Wildman–Crippen MR) is 106 cm³/mol. The Morgan fingerprint density at radius 1 is 1.07 bits per heavy atom. The monoisotopic (exact) mass is 425 g/mol. The highest BCUT2D eigenvalue weighted by Gasteiger charge is 2.31. The summed E-state index contributed by atoms with van der Waals surface area (Å²) in [6.07, 6.45) is -0.173. The average Bonchev–Trinajstić information content (AvgIpc) is 2.71. The molecule has 0 saturated carbocycles. The van der Waals surface area contributed by atoms with Crippen LogP contribution >= 0.6 is 0 Å². The van der Waals surface area contributed by atoms with Crippen LogP contribution in [0.2, 0.25) is 0 Å². The third-order valence-corrected chi connectivity index (χ3v) is 6.78. The van der Waals surface area contributed by atoms with Gasteiger partial charge in [0.15, 0.2) is 6.61 Å². The third-order valence-electron chi connectivity index (χ3n) is 4.74. The summed E-state index contributed by atoms with van der Waals surface area (Å²) in [5, 5.41) is 2.33. The smallest absolute Gasteiger partial charge is 0.306 e. The van der Waals surface area contributed by atoms with Crippen LogP contribution in [-0.2, 0) is 29.1 Å². The van der Waals surface area contributed by atoms with Crippen molar-refractivity contribution in [1.29, 1.82) is 0 Å². The first kappa shape index (κ1) is 22.8. The van der Waals surface area contributed by atoms with Gasteiger partial charge < -0.3 is 15.0 Å². The van der Waals surface area contributed by atoms with Crippen molar-refractivity contribution in [2.75, 3.05) is 39.8 Å². The maximum Gasteiger partial charge on any atom is 0.306 e. The van der Waals surface area contributed by atoms with Gasteiger partial charge in [-0.05, 0) is 31.0 Å². The topological polar surface area (TPSA) is 113 Å². The van der Waals surface area contributed by atoms with Crippen molar-refractivity contribution < 1.29 is 27.5 Å². The molecule has 9 nitrogen and oxygen atoms in total. The van der Waals surface area contributed by atoms with Crippen LogP contribution in [0.25, 0.3) is 0 Å². The van der Waals surface area contributed by atoms with Crippen molar-refractivity contribution in [3.8, 4) is 0 Å². The molecule has 1 aromatic rings. The summed E-state index contributed by atoms with van der Waals surface area (Å²) >= 11 is 0. The Morgan fingerprint density at radius 3 is 2.34 bits per heavy atom. The lowest BCUT2D eigenvalue weighted by atomic mass is 10.2. The van der Waals surface area contributed by atoms with Crippen LogP contribution in [0.3, 0.4) is 0 Å². The molecule has 0 bridgehead atoms. The highest BCUT2D eigenvalue weighted by atomic mass is 32.2. The maximum absolute atomic E-state index is 12.9. The average molecular weight is 426 g/mol. The number of sulfonamides is 1. The summed E-state index contributed by atoms with van der Waals surface area (Å²) in [6.45, 7) is 4.14. The van der Waals surface area contributed by atoms with Crippen LogP contribution in [0.4, 0.5) is 0 Å². The number of nitrogens with zero attached hydrogens (tertiary/aromatic N) is 2. The number of aryl methyl sites for hydroxylation is 2. The van der Waals surface area contributed by atoms with Crippen LogP contribution in [0.15, 0.2) is 23.1 Å². The fourth-order valence-corrected chi connectivity index (χ4v) is 4.69. The van der Waals surface area contributed by atoms with Crippen molar-refractivity contribution in [2.45, 2.75) is 31.6 Å². The van der Waals surface area contributed by atoms with Gasteiger partial charge in [0.1, 0.15) is 0 Å². The number of ether oxygens (including phenoxy) is 1. The van der Waals surface area contributed by atoms with E-state index in [0.717, 1.165) is 5.56 Å². The van der Waals surface area contributed by atoms with E-state index in [4.69, 9.17) is 4.74 Å². The Labute approximate surface area is 171 Å². The maximum atomic E-state index is 12.9. The highest BCUT2D eigenvalue weighted by molar-refractivity contribution is 7.89. The normalized spacial score (nSPS) is 15.1. The Hall–Kier alpha value is -2.46. The van der Waals surface area contributed by atoms with E-state index < -0.39 is 21.9 Å². The van der Waals surface area contributed by atoms with Gasteiger partial charge in [-0.3, -0.25) is 14.4 Å². The number of likely N-dealkylation sites (N-methyl/N-ethyl adjacent to an activating group) is 1. The number of rotatable bonds is 7. The molecule has 0 aliphatic carbocycles. The summed E-state index contributed by atoms with van der Waals surface area (Å²) in [4.78, 5) is 36.8. The van der Waals surface area contributed by atoms with E-state index >= 15 is 0 Å². The fraction of sp³-hybridized carbons (Fsp3) is 0.526. The first-order valence-corrected chi connectivity index (χ1v) is 10.8. The molecular formula is C19H27N3O6S. The zero-order valence-electron chi connectivity index (χ0n) is 16.9. The van der Waals surface area contributed by atoms with Gasteiger partial charge in [-0.25, -0.2) is 8.42 Å². The van der Waals surface area contributed by atoms with Gasteiger partial charge >= 0.3 is 5.97 Å². The van der Waals surface area contributed by atoms with E-state index in [1.807, 2.05) is 13.0 Å². The lowest BCUT2D eigenvalue weighted by Gasteiger charge is -2.34. The molecule has 0 unspecified atom stereocenters. The summed E-state index contributed by atoms with van der Waals surface area (Å²) in [7, 11) is -2.19. The molecule has 0 aromatic heterocycles. The van der Waals surface area contributed by atoms with Crippen molar-refractivity contribution in [3.63, 3.8) is 0 Å². The zero-order chi connectivity index (χ0) is 21.6. The second-order valence-corrected chi connectivity index (χ2v) is 8.79. The number of hydrogen-bond donors (Lipinski definition) is 1. The number of hydrogen-bond acceptors (Lipinski definition) is 6. The van der Waals surface area contributed by atoms with E-state index in [1.54, 1.807) is 24.0 Å². The number of piperazine rings is 1. The van der Waals surface area contributed by atoms with E-state index in [-0.39, 0.29) is 56.4 Å². The fourth-order valence-electron chi connectivity index (χ4n) is 2.96. The molecule has 0 atom stereocenters. The molecular weight excluding hydrogens is 398 g/mol. The number of carbonyl (C=O) groups is 3. The first-order valence-electron chi connectivity index (χ1n) is 9.36. The number of nitrogens with one attached hydrogen (secondary N) is 1. The molecule has 1 heterocycles. The summed E-state index contributed by atoms with van der Waals surface area (Å²) < 4.78 is 32.0. The molecule has 2 amide bonds. The van der Waals surface area contributed by atoms with Gasteiger partial charge in [-0.2, -0.15) is 4.31 Å². The largest absolute Gasteiger partial charge is 0.456 e. The van der Waals surface area contributed by atoms with Gasteiger partial charge in [-0.1, -0.05) is 12.1 Å². The number of esters is 1. The van der Waals surface area contributed by atoms with Gasteiger partial charge in [0.2, 0.25) is 15.9 Å². The van der Waals surface area contributed by atoms with Crippen molar-refractivity contribution in [3.05, 3.63) is 29.3 Å². The lowest BCUT2D eigenvalue weighted by molar-refractivity contribution is -0.150. The van der Waals surface area contributed by atoms with E-state index in [0.29, 0.717) is 5.56 Å². The minimum atomic E-state index is -3.62. The van der Waals surface area contributed by atoms with Crippen LogP contribution < -0.4 is 5.32 Å². The van der Waals surface area contributed by atoms with Crippen LogP contribution in [0.5, 0.6) is 0 Å². The first-order chi connectivity index (χ1) is 13.6. The minimum absolute atomic E-state index is 0.0453. The Bertz CT molecular complexity index is 876. The summed E-state index contributed by atoms with van der Waals surface area (Å²) in [5.74, 6) is -1.30. The van der Waals surface area contributed by atoms with Crippen LogP contribution in [-0.4, -0.2) is 75.2 Å². The molecule has 29 heavy (non-hydrogen) atoms. The van der Waals surface area contributed by atoms with Crippen LogP contribution in [0.1, 0.15) is 24.0 Å². The Morgan fingerprint density at radius 2 is 1.72 bits per heavy atom. The van der Waals surface area contributed by atoms with Crippen molar-refractivity contribution >= 4 is 27.8 Å². The Balaban J connectivity index is 1.86. The highest BCUT2D eigenvalue weighted by Crippen LogP contribution is 2.22. The quantitative estimate of drug-likeness (QED) is 0.625. The molecule has 0 radical (unpaired) electrons. The number of carbonyl (C=O) groups excluding carboxylic acids is 3. The SMILES string of the molecule is CNC(=O)COC(=O)CCC(=O)N1CCN(S(=O)(=O)c2cc(C)ccc2C)CC1. The molecule has 1 aliphatic rings. The molecule has 1 aromatic carbocycles. The second kappa shape index (κ2) is 9.84. The molecule has 1 aliphatic heterocycles. The molecule has 1 saturated heterocycles. The van der Waals surface area contributed by atoms with E-state index in [2.05, 4.69) is 5.32 Å². The van der Waals surface area contributed by atoms with Gasteiger partial charge in [-0.15, -0.1) is 0 Å². The number of amides is 2. The van der Waals surface area contributed by atoms with Crippen molar-refractivity contribution in [2.24, 2.45) is 0 Å². The second-order valence-electron chi connectivity index (χ2n) is 6.89. The molecule has 2 rings (SSSR count). The number of benzene rings is 1. The van der Waals surface area contributed by atoms with E-state index in [9.17, 15) is 22.8 Å². The minimum Gasteiger partial charge on any atom is -0.456 e. The molecule has 1 N–H and O–H groups in total. The molecule has 1 fully saturated rings. The summed E-state index contributed by atoms with van der Waals surface area (Å²) in [5.41, 5.74) is 1.55. The zero-order valence-corrected chi connectivity index (χ0v) is 17.8. The van der Waals surface area contributed by atoms with Gasteiger partial charge in [0.25, 0.3) is 5.91 Å². The molecule has 160 valence electrons. The van der Waals surface area contributed by atoms with Gasteiger partial charge in [0, 0.05) is 39.6 Å². The third kappa shape index (κ3) is 6.01. The Kier molecular flexibility index (Phi) is 7.74. The van der Waals surface area contributed by atoms with E-state index in [1.165, 1.54) is 11.4 Å².